The zero-order valence-electron chi connectivity index (χ0n) is 16.8. The number of methoxy groups -OCH3 is 1. The van der Waals surface area contributed by atoms with Gasteiger partial charge in [0.05, 0.1) is 13.8 Å². The SMILES string of the molecule is COc1ccc(OCc2nn(CN3CCC[C@@H]4CCCC[C@@H]43)c(=S)n2C)cc1. The summed E-state index contributed by atoms with van der Waals surface area (Å²) >= 11 is 5.66. The molecule has 7 heteroatoms. The Morgan fingerprint density at radius 1 is 1.07 bits per heavy atom. The van der Waals surface area contributed by atoms with E-state index in [2.05, 4.69) is 4.90 Å². The minimum Gasteiger partial charge on any atom is -0.497 e. The molecule has 2 fully saturated rings. The van der Waals surface area contributed by atoms with Crippen LogP contribution in [-0.2, 0) is 20.3 Å². The number of benzene rings is 1. The van der Waals surface area contributed by atoms with E-state index in [-0.39, 0.29) is 0 Å². The molecule has 1 aliphatic heterocycles. The molecule has 2 atom stereocenters. The molecule has 0 amide bonds. The molecular formula is C21H30N4O2S. The molecule has 0 bridgehead atoms. The topological polar surface area (TPSA) is 44.5 Å². The molecule has 0 N–H and O–H groups in total. The number of aromatic nitrogens is 3. The van der Waals surface area contributed by atoms with Crippen LogP contribution in [0.3, 0.4) is 0 Å². The Morgan fingerprint density at radius 2 is 1.79 bits per heavy atom. The summed E-state index contributed by atoms with van der Waals surface area (Å²) in [6.07, 6.45) is 8.12. The maximum absolute atomic E-state index is 5.90. The summed E-state index contributed by atoms with van der Waals surface area (Å²) in [6.45, 7) is 2.33. The fraction of sp³-hybridized carbons (Fsp3) is 0.619. The minimum absolute atomic E-state index is 0.394. The van der Waals surface area contributed by atoms with Crippen LogP contribution < -0.4 is 9.47 Å². The van der Waals surface area contributed by atoms with Crippen molar-refractivity contribution in [1.29, 1.82) is 0 Å². The molecule has 1 saturated carbocycles. The molecule has 28 heavy (non-hydrogen) atoms. The van der Waals surface area contributed by atoms with Crippen molar-refractivity contribution in [3.8, 4) is 11.5 Å². The molecule has 1 saturated heterocycles. The number of piperidine rings is 1. The van der Waals surface area contributed by atoms with Crippen molar-refractivity contribution in [3.05, 3.63) is 34.9 Å². The second kappa shape index (κ2) is 8.66. The highest BCUT2D eigenvalue weighted by Gasteiger charge is 2.33. The standard InChI is InChI=1S/C21H30N4O2S/c1-23-20(14-27-18-11-9-17(26-2)10-12-18)22-25(21(23)28)15-24-13-5-7-16-6-3-4-8-19(16)24/h9-12,16,19H,3-8,13-15H2,1-2H3/t16-,19-/m0/s1. The van der Waals surface area contributed by atoms with Crippen LogP contribution in [0.25, 0.3) is 0 Å². The molecule has 4 rings (SSSR count). The van der Waals surface area contributed by atoms with E-state index in [1.54, 1.807) is 7.11 Å². The van der Waals surface area contributed by atoms with Gasteiger partial charge in [-0.3, -0.25) is 4.90 Å². The van der Waals surface area contributed by atoms with Crippen LogP contribution >= 0.6 is 12.2 Å². The largest absolute Gasteiger partial charge is 0.497 e. The van der Waals surface area contributed by atoms with Crippen molar-refractivity contribution >= 4 is 12.2 Å². The average molecular weight is 403 g/mol. The summed E-state index contributed by atoms with van der Waals surface area (Å²) in [5.41, 5.74) is 0. The molecule has 152 valence electrons. The van der Waals surface area contributed by atoms with Gasteiger partial charge in [-0.05, 0) is 68.1 Å². The lowest BCUT2D eigenvalue weighted by atomic mass is 9.78. The van der Waals surface area contributed by atoms with Gasteiger partial charge in [0.15, 0.2) is 10.6 Å². The third-order valence-corrected chi connectivity index (χ3v) is 6.72. The molecular weight excluding hydrogens is 372 g/mol. The first kappa shape index (κ1) is 19.5. The number of hydrogen-bond acceptors (Lipinski definition) is 5. The van der Waals surface area contributed by atoms with E-state index >= 15 is 0 Å². The summed E-state index contributed by atoms with van der Waals surface area (Å²) in [6, 6.07) is 8.29. The van der Waals surface area contributed by atoms with Gasteiger partial charge in [0, 0.05) is 19.6 Å². The van der Waals surface area contributed by atoms with E-state index < -0.39 is 0 Å². The van der Waals surface area contributed by atoms with Crippen LogP contribution in [0.4, 0.5) is 0 Å². The number of nitrogens with zero attached hydrogens (tertiary/aromatic N) is 4. The average Bonchev–Trinajstić information content (AvgIpc) is 3.01. The fourth-order valence-corrected chi connectivity index (χ4v) is 4.85. The molecule has 0 spiro atoms. The third-order valence-electron chi connectivity index (χ3n) is 6.23. The Labute approximate surface area is 172 Å². The Morgan fingerprint density at radius 3 is 2.57 bits per heavy atom. The van der Waals surface area contributed by atoms with E-state index in [1.807, 2.05) is 40.6 Å². The van der Waals surface area contributed by atoms with Crippen molar-refractivity contribution < 1.29 is 9.47 Å². The number of hydrogen-bond donors (Lipinski definition) is 0. The van der Waals surface area contributed by atoms with E-state index in [0.717, 1.165) is 41.2 Å². The normalized spacial score (nSPS) is 22.6. The molecule has 2 aliphatic rings. The number of likely N-dealkylation sites (tertiary alicyclic amines) is 1. The molecule has 2 heterocycles. The number of rotatable bonds is 6. The van der Waals surface area contributed by atoms with Gasteiger partial charge in [-0.2, -0.15) is 5.10 Å². The van der Waals surface area contributed by atoms with E-state index in [1.165, 1.54) is 38.5 Å². The highest BCUT2D eigenvalue weighted by Crippen LogP contribution is 2.35. The molecule has 1 aromatic carbocycles. The van der Waals surface area contributed by atoms with Gasteiger partial charge in [0.25, 0.3) is 0 Å². The highest BCUT2D eigenvalue weighted by molar-refractivity contribution is 7.71. The van der Waals surface area contributed by atoms with Gasteiger partial charge in [0.2, 0.25) is 0 Å². The van der Waals surface area contributed by atoms with Crippen LogP contribution in [0, 0.1) is 10.7 Å². The van der Waals surface area contributed by atoms with Crippen LogP contribution in [0.5, 0.6) is 11.5 Å². The Balaban J connectivity index is 1.43. The van der Waals surface area contributed by atoms with Crippen LogP contribution in [0.2, 0.25) is 0 Å². The van der Waals surface area contributed by atoms with Gasteiger partial charge in [-0.1, -0.05) is 12.8 Å². The van der Waals surface area contributed by atoms with Crippen LogP contribution in [0.15, 0.2) is 24.3 Å². The highest BCUT2D eigenvalue weighted by atomic mass is 32.1. The first-order valence-corrected chi connectivity index (χ1v) is 10.7. The zero-order valence-corrected chi connectivity index (χ0v) is 17.7. The van der Waals surface area contributed by atoms with Gasteiger partial charge < -0.3 is 14.0 Å². The van der Waals surface area contributed by atoms with Crippen LogP contribution in [0.1, 0.15) is 44.3 Å². The molecule has 2 aromatic rings. The summed E-state index contributed by atoms with van der Waals surface area (Å²) < 4.78 is 15.8. The van der Waals surface area contributed by atoms with Gasteiger partial charge >= 0.3 is 0 Å². The monoisotopic (exact) mass is 402 g/mol. The maximum Gasteiger partial charge on any atom is 0.198 e. The molecule has 0 radical (unpaired) electrons. The van der Waals surface area contributed by atoms with Crippen molar-refractivity contribution in [1.82, 2.24) is 19.2 Å². The fourth-order valence-electron chi connectivity index (χ4n) is 4.65. The lowest BCUT2D eigenvalue weighted by Crippen LogP contribution is -2.47. The van der Waals surface area contributed by atoms with Crippen molar-refractivity contribution in [2.24, 2.45) is 13.0 Å². The molecule has 1 aromatic heterocycles. The van der Waals surface area contributed by atoms with Gasteiger partial charge in [-0.15, -0.1) is 0 Å². The van der Waals surface area contributed by atoms with Crippen molar-refractivity contribution in [3.63, 3.8) is 0 Å². The molecule has 0 unspecified atom stereocenters. The zero-order chi connectivity index (χ0) is 19.5. The van der Waals surface area contributed by atoms with Crippen molar-refractivity contribution in [2.75, 3.05) is 13.7 Å². The first-order valence-electron chi connectivity index (χ1n) is 10.3. The predicted molar refractivity (Wildman–Crippen MR) is 111 cm³/mol. The second-order valence-electron chi connectivity index (χ2n) is 7.93. The Kier molecular flexibility index (Phi) is 6.01. The summed E-state index contributed by atoms with van der Waals surface area (Å²) in [5.74, 6) is 3.32. The van der Waals surface area contributed by atoms with E-state index in [0.29, 0.717) is 12.6 Å². The number of fused-ring (bicyclic) bond motifs is 1. The Bertz CT molecular complexity index is 843. The lowest BCUT2D eigenvalue weighted by Gasteiger charge is -2.43. The van der Waals surface area contributed by atoms with Crippen LogP contribution in [-0.4, -0.2) is 38.9 Å². The summed E-state index contributed by atoms with van der Waals surface area (Å²) in [7, 11) is 3.63. The maximum atomic E-state index is 5.90. The number of ether oxygens (including phenoxy) is 2. The molecule has 1 aliphatic carbocycles. The van der Waals surface area contributed by atoms with E-state index in [4.69, 9.17) is 26.8 Å². The first-order chi connectivity index (χ1) is 13.7. The van der Waals surface area contributed by atoms with Gasteiger partial charge in [0.1, 0.15) is 18.1 Å². The summed E-state index contributed by atoms with van der Waals surface area (Å²) in [4.78, 5) is 2.60. The van der Waals surface area contributed by atoms with Gasteiger partial charge in [-0.25, -0.2) is 4.68 Å². The van der Waals surface area contributed by atoms with Crippen molar-refractivity contribution in [2.45, 2.75) is 57.8 Å². The molecule has 6 nitrogen and oxygen atoms in total. The minimum atomic E-state index is 0.394. The predicted octanol–water partition coefficient (Wildman–Crippen LogP) is 4.15. The second-order valence-corrected chi connectivity index (χ2v) is 8.29. The lowest BCUT2D eigenvalue weighted by molar-refractivity contribution is 0.0321. The smallest absolute Gasteiger partial charge is 0.198 e. The van der Waals surface area contributed by atoms with E-state index in [9.17, 15) is 0 Å². The third kappa shape index (κ3) is 4.10. The summed E-state index contributed by atoms with van der Waals surface area (Å²) in [5, 5.41) is 4.77. The quantitative estimate of drug-likeness (QED) is 0.679. The Hall–Kier alpha value is -1.86.